The Labute approximate surface area is 191 Å². The Balaban J connectivity index is 3.05. The fourth-order valence-electron chi connectivity index (χ4n) is 2.88. The van der Waals surface area contributed by atoms with E-state index in [2.05, 4.69) is 16.0 Å². The molecule has 4 unspecified atom stereocenters. The topological polar surface area (TPSA) is 214 Å². The highest BCUT2D eigenvalue weighted by Gasteiger charge is 2.32. The van der Waals surface area contributed by atoms with Gasteiger partial charge in [-0.15, -0.1) is 0 Å². The summed E-state index contributed by atoms with van der Waals surface area (Å²) in [4.78, 5) is 60.2. The van der Waals surface area contributed by atoms with Crippen LogP contribution in [0.5, 0.6) is 0 Å². The predicted octanol–water partition coefficient (Wildman–Crippen LogP) is -2.38. The van der Waals surface area contributed by atoms with Crippen molar-refractivity contribution in [1.82, 2.24) is 16.0 Å². The van der Waals surface area contributed by atoms with E-state index in [1.807, 2.05) is 0 Å². The number of carbonyl (C=O) groups excluding carboxylic acids is 4. The van der Waals surface area contributed by atoms with Crippen molar-refractivity contribution >= 4 is 29.6 Å². The fraction of sp³-hybridized carbons (Fsp3) is 0.476. The molecule has 0 saturated carbocycles. The predicted molar refractivity (Wildman–Crippen MR) is 117 cm³/mol. The molecule has 33 heavy (non-hydrogen) atoms. The summed E-state index contributed by atoms with van der Waals surface area (Å²) in [6.45, 7) is 2.43. The van der Waals surface area contributed by atoms with E-state index in [1.165, 1.54) is 0 Å². The molecule has 0 aliphatic carbocycles. The lowest BCUT2D eigenvalue weighted by Gasteiger charge is -2.27. The fourth-order valence-corrected chi connectivity index (χ4v) is 2.88. The van der Waals surface area contributed by atoms with Crippen LogP contribution >= 0.6 is 0 Å². The first kappa shape index (κ1) is 27.5. The SMILES string of the molecule is CC(C)C(NC(=O)C(Cc1ccccc1)NC(=O)C(N)CC(N)=O)C(=O)NC(CO)C(=O)O. The number of aliphatic hydroxyl groups excluding tert-OH is 1. The number of primary amides is 1. The second-order valence-electron chi connectivity index (χ2n) is 7.84. The van der Waals surface area contributed by atoms with E-state index in [9.17, 15) is 24.0 Å². The number of carboxylic acids is 1. The van der Waals surface area contributed by atoms with Crippen molar-refractivity contribution in [2.45, 2.75) is 50.9 Å². The van der Waals surface area contributed by atoms with Gasteiger partial charge in [-0.3, -0.25) is 19.2 Å². The third-order valence-corrected chi connectivity index (χ3v) is 4.72. The molecule has 0 aromatic heterocycles. The summed E-state index contributed by atoms with van der Waals surface area (Å²) in [6, 6.07) is 3.63. The van der Waals surface area contributed by atoms with Crippen molar-refractivity contribution in [3.05, 3.63) is 35.9 Å². The highest BCUT2D eigenvalue weighted by Crippen LogP contribution is 2.08. The first-order chi connectivity index (χ1) is 15.5. The highest BCUT2D eigenvalue weighted by atomic mass is 16.4. The number of aliphatic hydroxyl groups is 1. The van der Waals surface area contributed by atoms with Crippen LogP contribution in [0.4, 0.5) is 0 Å². The minimum absolute atomic E-state index is 0.0581. The summed E-state index contributed by atoms with van der Waals surface area (Å²) < 4.78 is 0. The molecule has 0 heterocycles. The molecule has 0 bridgehead atoms. The molecule has 0 radical (unpaired) electrons. The van der Waals surface area contributed by atoms with Crippen LogP contribution in [-0.2, 0) is 30.4 Å². The van der Waals surface area contributed by atoms with Crippen LogP contribution in [0.3, 0.4) is 0 Å². The van der Waals surface area contributed by atoms with Crippen molar-refractivity contribution in [3.63, 3.8) is 0 Å². The monoisotopic (exact) mass is 465 g/mol. The Morgan fingerprint density at radius 3 is 1.97 bits per heavy atom. The molecule has 9 N–H and O–H groups in total. The summed E-state index contributed by atoms with van der Waals surface area (Å²) in [7, 11) is 0. The Morgan fingerprint density at radius 1 is 0.909 bits per heavy atom. The second kappa shape index (κ2) is 13.1. The molecule has 1 aromatic rings. The van der Waals surface area contributed by atoms with Crippen LogP contribution in [-0.4, -0.2) is 70.6 Å². The standard InChI is InChI=1S/C21H31N5O7/c1-11(2)17(20(31)25-15(10-27)21(32)33)26-19(30)14(8-12-6-4-3-5-7-12)24-18(29)13(22)9-16(23)28/h3-7,11,13-15,17,27H,8-10,22H2,1-2H3,(H2,23,28)(H,24,29)(H,25,31)(H,26,30)(H,32,33). The average molecular weight is 466 g/mol. The van der Waals surface area contributed by atoms with Crippen molar-refractivity contribution in [1.29, 1.82) is 0 Å². The first-order valence-corrected chi connectivity index (χ1v) is 10.3. The highest BCUT2D eigenvalue weighted by molar-refractivity contribution is 5.95. The summed E-state index contributed by atoms with van der Waals surface area (Å²) in [5, 5.41) is 25.3. The number of nitrogens with two attached hydrogens (primary N) is 2. The van der Waals surface area contributed by atoms with E-state index in [0.717, 1.165) is 0 Å². The molecule has 1 rings (SSSR count). The van der Waals surface area contributed by atoms with Gasteiger partial charge >= 0.3 is 5.97 Å². The number of hydrogen-bond donors (Lipinski definition) is 7. The average Bonchev–Trinajstić information content (AvgIpc) is 2.74. The molecule has 182 valence electrons. The quantitative estimate of drug-likeness (QED) is 0.167. The third-order valence-electron chi connectivity index (χ3n) is 4.72. The lowest BCUT2D eigenvalue weighted by atomic mass is 10.0. The van der Waals surface area contributed by atoms with Gasteiger partial charge in [0.2, 0.25) is 23.6 Å². The zero-order valence-electron chi connectivity index (χ0n) is 18.5. The Morgan fingerprint density at radius 2 is 1.48 bits per heavy atom. The van der Waals surface area contributed by atoms with E-state index in [0.29, 0.717) is 5.56 Å². The zero-order valence-corrected chi connectivity index (χ0v) is 18.5. The normalized spacial score (nSPS) is 14.5. The molecule has 12 nitrogen and oxygen atoms in total. The minimum atomic E-state index is -1.54. The van der Waals surface area contributed by atoms with Gasteiger partial charge in [0.25, 0.3) is 0 Å². The van der Waals surface area contributed by atoms with E-state index in [4.69, 9.17) is 21.7 Å². The third kappa shape index (κ3) is 9.25. The van der Waals surface area contributed by atoms with Crippen molar-refractivity contribution in [2.75, 3.05) is 6.61 Å². The van der Waals surface area contributed by atoms with Crippen LogP contribution < -0.4 is 27.4 Å². The van der Waals surface area contributed by atoms with Crippen LogP contribution in [0, 0.1) is 5.92 Å². The van der Waals surface area contributed by atoms with Gasteiger partial charge < -0.3 is 37.6 Å². The van der Waals surface area contributed by atoms with Crippen molar-refractivity contribution < 1.29 is 34.2 Å². The van der Waals surface area contributed by atoms with Gasteiger partial charge in [0.05, 0.1) is 19.1 Å². The van der Waals surface area contributed by atoms with Crippen LogP contribution in [0.15, 0.2) is 30.3 Å². The minimum Gasteiger partial charge on any atom is -0.480 e. The number of carbonyl (C=O) groups is 5. The Hall–Kier alpha value is -3.51. The maximum absolute atomic E-state index is 13.0. The maximum Gasteiger partial charge on any atom is 0.328 e. The van der Waals surface area contributed by atoms with Gasteiger partial charge in [0.1, 0.15) is 18.1 Å². The molecule has 4 amide bonds. The number of benzene rings is 1. The zero-order chi connectivity index (χ0) is 25.1. The lowest BCUT2D eigenvalue weighted by Crippen LogP contribution is -2.59. The van der Waals surface area contributed by atoms with Gasteiger partial charge in [-0.25, -0.2) is 4.79 Å². The summed E-state index contributed by atoms with van der Waals surface area (Å²) in [6.07, 6.45) is -0.358. The molecule has 0 aliphatic rings. The van der Waals surface area contributed by atoms with Gasteiger partial charge in [0, 0.05) is 6.42 Å². The molecular formula is C21H31N5O7. The first-order valence-electron chi connectivity index (χ1n) is 10.3. The van der Waals surface area contributed by atoms with Gasteiger partial charge in [-0.2, -0.15) is 0 Å². The van der Waals surface area contributed by atoms with Gasteiger partial charge in [-0.05, 0) is 11.5 Å². The Kier molecular flexibility index (Phi) is 11.0. The summed E-state index contributed by atoms with van der Waals surface area (Å²) >= 11 is 0. The Bertz CT molecular complexity index is 847. The van der Waals surface area contributed by atoms with Crippen LogP contribution in [0.2, 0.25) is 0 Å². The van der Waals surface area contributed by atoms with E-state index < -0.39 is 72.7 Å². The molecule has 0 spiro atoms. The molecule has 0 fully saturated rings. The largest absolute Gasteiger partial charge is 0.480 e. The molecule has 1 aromatic carbocycles. The summed E-state index contributed by atoms with van der Waals surface area (Å²) in [5.41, 5.74) is 11.4. The van der Waals surface area contributed by atoms with Crippen molar-refractivity contribution in [2.24, 2.45) is 17.4 Å². The molecular weight excluding hydrogens is 434 g/mol. The lowest BCUT2D eigenvalue weighted by molar-refractivity contribution is -0.143. The van der Waals surface area contributed by atoms with E-state index >= 15 is 0 Å². The maximum atomic E-state index is 13.0. The molecule has 12 heteroatoms. The van der Waals surface area contributed by atoms with E-state index in [1.54, 1.807) is 44.2 Å². The number of rotatable bonds is 13. The van der Waals surface area contributed by atoms with Crippen LogP contribution in [0.1, 0.15) is 25.8 Å². The van der Waals surface area contributed by atoms with Crippen LogP contribution in [0.25, 0.3) is 0 Å². The number of carboxylic acid groups (broad SMARTS) is 1. The van der Waals surface area contributed by atoms with Crippen molar-refractivity contribution in [3.8, 4) is 0 Å². The number of nitrogens with one attached hydrogen (secondary N) is 3. The number of amides is 4. The number of hydrogen-bond acceptors (Lipinski definition) is 7. The van der Waals surface area contributed by atoms with Gasteiger partial charge in [0.15, 0.2) is 0 Å². The number of aliphatic carboxylic acids is 1. The summed E-state index contributed by atoms with van der Waals surface area (Å²) in [5.74, 6) is -4.97. The van der Waals surface area contributed by atoms with E-state index in [-0.39, 0.29) is 6.42 Å². The smallest absolute Gasteiger partial charge is 0.328 e. The molecule has 0 aliphatic heterocycles. The van der Waals surface area contributed by atoms with Gasteiger partial charge in [-0.1, -0.05) is 44.2 Å². The molecule has 0 saturated heterocycles. The molecule has 4 atom stereocenters. The second-order valence-corrected chi connectivity index (χ2v) is 7.84.